The summed E-state index contributed by atoms with van der Waals surface area (Å²) in [7, 11) is 0. The first-order valence-corrected chi connectivity index (χ1v) is 10.2. The standard InChI is InChI=1S/C22H18F2N2O3S/c1-22(23,24)14-5-4-6-16(11-14)29-12-19-25-15(13-30-19)9-10-26-20(27)17-7-2-3-8-18(17)21(26)28/h2-8,11,13H,9-10,12H2,1H3. The number of ether oxygens (including phenoxy) is 1. The molecule has 0 fully saturated rings. The van der Waals surface area contributed by atoms with Gasteiger partial charge >= 0.3 is 0 Å². The van der Waals surface area contributed by atoms with Crippen LogP contribution in [-0.2, 0) is 19.0 Å². The normalized spacial score (nSPS) is 13.6. The highest BCUT2D eigenvalue weighted by atomic mass is 32.1. The van der Waals surface area contributed by atoms with Gasteiger partial charge in [0.25, 0.3) is 17.7 Å². The number of carbonyl (C=O) groups is 2. The van der Waals surface area contributed by atoms with Crippen molar-refractivity contribution in [1.29, 1.82) is 0 Å². The van der Waals surface area contributed by atoms with Crippen LogP contribution < -0.4 is 4.74 Å². The molecule has 0 atom stereocenters. The summed E-state index contributed by atoms with van der Waals surface area (Å²) in [5, 5.41) is 2.52. The minimum Gasteiger partial charge on any atom is -0.486 e. The van der Waals surface area contributed by atoms with Crippen LogP contribution in [0, 0.1) is 0 Å². The maximum absolute atomic E-state index is 13.4. The van der Waals surface area contributed by atoms with Crippen molar-refractivity contribution >= 4 is 23.2 Å². The van der Waals surface area contributed by atoms with E-state index in [0.717, 1.165) is 12.6 Å². The Morgan fingerprint density at radius 1 is 1.07 bits per heavy atom. The lowest BCUT2D eigenvalue weighted by molar-refractivity contribution is 0.0172. The quantitative estimate of drug-likeness (QED) is 0.513. The van der Waals surface area contributed by atoms with Crippen LogP contribution in [0.25, 0.3) is 0 Å². The SMILES string of the molecule is CC(F)(F)c1cccc(OCc2nc(CCN3C(=O)c4ccccc4C3=O)cs2)c1. The number of halogens is 2. The predicted octanol–water partition coefficient (Wildman–Crippen LogP) is 4.67. The number of alkyl halides is 2. The van der Waals surface area contributed by atoms with Crippen molar-refractivity contribution in [3.63, 3.8) is 0 Å². The highest BCUT2D eigenvalue weighted by Gasteiger charge is 2.34. The van der Waals surface area contributed by atoms with Crippen molar-refractivity contribution in [2.75, 3.05) is 6.54 Å². The number of carbonyl (C=O) groups excluding carboxylic acids is 2. The molecule has 1 aliphatic heterocycles. The van der Waals surface area contributed by atoms with Gasteiger partial charge in [0, 0.05) is 30.8 Å². The summed E-state index contributed by atoms with van der Waals surface area (Å²) in [4.78, 5) is 30.5. The van der Waals surface area contributed by atoms with Gasteiger partial charge in [0.15, 0.2) is 0 Å². The molecule has 0 unspecified atom stereocenters. The first kappa shape index (κ1) is 20.2. The van der Waals surface area contributed by atoms with Crippen LogP contribution in [0.2, 0.25) is 0 Å². The third kappa shape index (κ3) is 4.09. The van der Waals surface area contributed by atoms with Gasteiger partial charge in [-0.25, -0.2) is 13.8 Å². The molecule has 0 spiro atoms. The van der Waals surface area contributed by atoms with Crippen molar-refractivity contribution in [1.82, 2.24) is 9.88 Å². The molecule has 0 radical (unpaired) electrons. The van der Waals surface area contributed by atoms with Crippen molar-refractivity contribution < 1.29 is 23.1 Å². The van der Waals surface area contributed by atoms with Gasteiger partial charge in [0.2, 0.25) is 0 Å². The molecule has 0 saturated carbocycles. The number of amides is 2. The molecule has 2 aromatic carbocycles. The zero-order valence-corrected chi connectivity index (χ0v) is 16.9. The molecule has 8 heteroatoms. The Hall–Kier alpha value is -3.13. The molecule has 0 saturated heterocycles. The van der Waals surface area contributed by atoms with E-state index in [2.05, 4.69) is 4.98 Å². The molecule has 0 N–H and O–H groups in total. The molecule has 2 amide bonds. The maximum Gasteiger partial charge on any atom is 0.270 e. The molecule has 1 aliphatic rings. The first-order chi connectivity index (χ1) is 14.3. The summed E-state index contributed by atoms with van der Waals surface area (Å²) in [6.45, 7) is 1.23. The Morgan fingerprint density at radius 2 is 1.77 bits per heavy atom. The fourth-order valence-electron chi connectivity index (χ4n) is 3.20. The largest absolute Gasteiger partial charge is 0.486 e. The first-order valence-electron chi connectivity index (χ1n) is 9.32. The smallest absolute Gasteiger partial charge is 0.270 e. The van der Waals surface area contributed by atoms with Gasteiger partial charge < -0.3 is 4.74 Å². The number of hydrogen-bond donors (Lipinski definition) is 0. The molecular weight excluding hydrogens is 410 g/mol. The van der Waals surface area contributed by atoms with E-state index >= 15 is 0 Å². The molecule has 1 aromatic heterocycles. The lowest BCUT2D eigenvalue weighted by Gasteiger charge is -2.12. The second-order valence-corrected chi connectivity index (χ2v) is 7.94. The maximum atomic E-state index is 13.4. The van der Waals surface area contributed by atoms with Gasteiger partial charge in [-0.15, -0.1) is 11.3 Å². The fraction of sp³-hybridized carbons (Fsp3) is 0.227. The number of aromatic nitrogens is 1. The van der Waals surface area contributed by atoms with Crippen LogP contribution in [0.1, 0.15) is 43.9 Å². The zero-order chi connectivity index (χ0) is 21.3. The van der Waals surface area contributed by atoms with Gasteiger partial charge in [-0.1, -0.05) is 24.3 Å². The second kappa shape index (κ2) is 7.95. The van der Waals surface area contributed by atoms with Crippen molar-refractivity contribution in [2.45, 2.75) is 25.9 Å². The average molecular weight is 428 g/mol. The van der Waals surface area contributed by atoms with Crippen LogP contribution in [0.3, 0.4) is 0 Å². The molecule has 0 bridgehead atoms. The summed E-state index contributed by atoms with van der Waals surface area (Å²) < 4.78 is 32.5. The number of hydrogen-bond acceptors (Lipinski definition) is 5. The van der Waals surface area contributed by atoms with E-state index in [4.69, 9.17) is 4.74 Å². The highest BCUT2D eigenvalue weighted by molar-refractivity contribution is 7.09. The molecule has 3 aromatic rings. The van der Waals surface area contributed by atoms with Crippen LogP contribution in [0.15, 0.2) is 53.9 Å². The Bertz CT molecular complexity index is 1070. The number of benzene rings is 2. The van der Waals surface area contributed by atoms with E-state index in [1.807, 2.05) is 5.38 Å². The van der Waals surface area contributed by atoms with Crippen LogP contribution >= 0.6 is 11.3 Å². The van der Waals surface area contributed by atoms with E-state index in [1.54, 1.807) is 30.3 Å². The topological polar surface area (TPSA) is 59.5 Å². The van der Waals surface area contributed by atoms with E-state index < -0.39 is 5.92 Å². The molecular formula is C22H18F2N2O3S. The number of imide groups is 1. The lowest BCUT2D eigenvalue weighted by Crippen LogP contribution is -2.31. The van der Waals surface area contributed by atoms with Gasteiger partial charge in [0.1, 0.15) is 17.4 Å². The highest BCUT2D eigenvalue weighted by Crippen LogP contribution is 2.29. The van der Waals surface area contributed by atoms with Crippen molar-refractivity contribution in [3.8, 4) is 5.75 Å². The van der Waals surface area contributed by atoms with Crippen LogP contribution in [0.4, 0.5) is 8.78 Å². The average Bonchev–Trinajstić information content (AvgIpc) is 3.28. The predicted molar refractivity (Wildman–Crippen MR) is 108 cm³/mol. The summed E-state index contributed by atoms with van der Waals surface area (Å²) in [5.41, 5.74) is 1.48. The zero-order valence-electron chi connectivity index (χ0n) is 16.1. The van der Waals surface area contributed by atoms with E-state index in [-0.39, 0.29) is 30.5 Å². The van der Waals surface area contributed by atoms with E-state index in [9.17, 15) is 18.4 Å². The summed E-state index contributed by atoms with van der Waals surface area (Å²) in [5.74, 6) is -3.17. The molecule has 5 nitrogen and oxygen atoms in total. The Morgan fingerprint density at radius 3 is 2.43 bits per heavy atom. The monoisotopic (exact) mass is 428 g/mol. The number of rotatable bonds is 7. The Labute approximate surface area is 175 Å². The van der Waals surface area contributed by atoms with E-state index in [1.165, 1.54) is 34.4 Å². The van der Waals surface area contributed by atoms with Crippen LogP contribution in [-0.4, -0.2) is 28.2 Å². The van der Waals surface area contributed by atoms with E-state index in [0.29, 0.717) is 28.3 Å². The summed E-state index contributed by atoms with van der Waals surface area (Å²) in [6.07, 6.45) is 0.430. The third-order valence-electron chi connectivity index (χ3n) is 4.77. The fourth-order valence-corrected chi connectivity index (χ4v) is 3.94. The van der Waals surface area contributed by atoms with Crippen molar-refractivity contribution in [2.24, 2.45) is 0 Å². The van der Waals surface area contributed by atoms with Crippen LogP contribution in [0.5, 0.6) is 5.75 Å². The minimum absolute atomic E-state index is 0.110. The van der Waals surface area contributed by atoms with Gasteiger partial charge in [-0.05, 0) is 24.3 Å². The number of nitrogens with zero attached hydrogens (tertiary/aromatic N) is 2. The lowest BCUT2D eigenvalue weighted by atomic mass is 10.1. The minimum atomic E-state index is -2.93. The second-order valence-electron chi connectivity index (χ2n) is 6.99. The molecule has 2 heterocycles. The molecule has 154 valence electrons. The molecule has 0 aliphatic carbocycles. The van der Waals surface area contributed by atoms with Gasteiger partial charge in [-0.2, -0.15) is 0 Å². The summed E-state index contributed by atoms with van der Waals surface area (Å²) in [6, 6.07) is 12.6. The Kier molecular flexibility index (Phi) is 5.34. The Balaban J connectivity index is 1.34. The molecule has 4 rings (SSSR count). The summed E-state index contributed by atoms with van der Waals surface area (Å²) >= 11 is 1.38. The van der Waals surface area contributed by atoms with Crippen molar-refractivity contribution in [3.05, 3.63) is 81.3 Å². The third-order valence-corrected chi connectivity index (χ3v) is 5.64. The van der Waals surface area contributed by atoms with Gasteiger partial charge in [0.05, 0.1) is 16.8 Å². The number of fused-ring (bicyclic) bond motifs is 1. The van der Waals surface area contributed by atoms with Gasteiger partial charge in [-0.3, -0.25) is 14.5 Å². The molecule has 30 heavy (non-hydrogen) atoms. The number of thiazole rings is 1.